The normalized spacial score (nSPS) is 16.6. The molecular formula is C6H6N4O2S. The third-order valence-electron chi connectivity index (χ3n) is 1.49. The molecule has 2 rings (SSSR count). The Morgan fingerprint density at radius 3 is 3.00 bits per heavy atom. The number of hydrogen-bond donors (Lipinski definition) is 2. The summed E-state index contributed by atoms with van der Waals surface area (Å²) in [5.41, 5.74) is 0. The first-order valence-corrected chi connectivity index (χ1v) is 4.91. The number of fused-ring (bicyclic) bond motifs is 1. The molecule has 0 saturated heterocycles. The number of hydrogen-bond acceptors (Lipinski definition) is 3. The monoisotopic (exact) mass is 198 g/mol. The van der Waals surface area contributed by atoms with Crippen molar-refractivity contribution < 1.29 is 8.42 Å². The van der Waals surface area contributed by atoms with E-state index < -0.39 is 10.0 Å². The van der Waals surface area contributed by atoms with E-state index in [1.165, 1.54) is 6.07 Å². The topological polar surface area (TPSA) is 90.4 Å². The number of nitrogens with zero attached hydrogens (tertiary/aromatic N) is 2. The molecule has 0 unspecified atom stereocenters. The summed E-state index contributed by atoms with van der Waals surface area (Å²) in [7, 11) is -3.57. The van der Waals surface area contributed by atoms with Crippen LogP contribution in [0, 0.1) is 0 Å². The number of nitrogens with one attached hydrogen (secondary N) is 2. The molecule has 13 heavy (non-hydrogen) atoms. The maximum atomic E-state index is 11.2. The average molecular weight is 198 g/mol. The standard InChI is InChI=1S/C6H6N4O2S/c11-13(12)5-3-1-2-4-7-8-6(5)9-10-13/h1-4,7-8H. The third kappa shape index (κ3) is 1.33. The van der Waals surface area contributed by atoms with E-state index in [4.69, 9.17) is 0 Å². The fourth-order valence-electron chi connectivity index (χ4n) is 0.918. The van der Waals surface area contributed by atoms with Gasteiger partial charge in [0.15, 0.2) is 5.82 Å². The summed E-state index contributed by atoms with van der Waals surface area (Å²) in [5.74, 6) is 0.209. The zero-order chi connectivity index (χ0) is 9.31. The second-order valence-electron chi connectivity index (χ2n) is 2.36. The lowest BCUT2D eigenvalue weighted by atomic mass is 10.5. The SMILES string of the molecule is O=S1(=O)N=Nc2[nH][nH]ccccc21. The van der Waals surface area contributed by atoms with Crippen LogP contribution in [0.4, 0.5) is 5.82 Å². The highest BCUT2D eigenvalue weighted by Gasteiger charge is 2.23. The summed E-state index contributed by atoms with van der Waals surface area (Å²) in [6.07, 6.45) is 1.61. The van der Waals surface area contributed by atoms with Crippen molar-refractivity contribution in [3.05, 3.63) is 24.4 Å². The Balaban J connectivity index is 2.81. The first-order chi connectivity index (χ1) is 6.20. The predicted octanol–water partition coefficient (Wildman–Crippen LogP) is 1.25. The van der Waals surface area contributed by atoms with Gasteiger partial charge in [0.1, 0.15) is 4.90 Å². The summed E-state index contributed by atoms with van der Waals surface area (Å²) in [6, 6.07) is 4.69. The van der Waals surface area contributed by atoms with Crippen molar-refractivity contribution >= 4 is 15.8 Å². The van der Waals surface area contributed by atoms with Crippen LogP contribution in [-0.4, -0.2) is 18.6 Å². The Morgan fingerprint density at radius 2 is 2.15 bits per heavy atom. The molecule has 0 atom stereocenters. The molecule has 0 fully saturated rings. The zero-order valence-corrected chi connectivity index (χ0v) is 7.25. The molecule has 0 bridgehead atoms. The third-order valence-corrected chi connectivity index (χ3v) is 2.67. The Bertz CT molecular complexity index is 494. The van der Waals surface area contributed by atoms with Crippen molar-refractivity contribution in [2.75, 3.05) is 0 Å². The maximum Gasteiger partial charge on any atom is 0.303 e. The molecule has 7 heteroatoms. The van der Waals surface area contributed by atoms with Gasteiger partial charge >= 0.3 is 10.0 Å². The van der Waals surface area contributed by atoms with Gasteiger partial charge in [-0.25, -0.2) is 0 Å². The molecule has 2 N–H and O–H groups in total. The van der Waals surface area contributed by atoms with Crippen LogP contribution in [0.5, 0.6) is 0 Å². The van der Waals surface area contributed by atoms with Crippen molar-refractivity contribution in [1.82, 2.24) is 10.2 Å². The van der Waals surface area contributed by atoms with Crippen LogP contribution in [-0.2, 0) is 10.0 Å². The highest BCUT2D eigenvalue weighted by atomic mass is 32.2. The van der Waals surface area contributed by atoms with E-state index in [1.54, 1.807) is 18.3 Å². The van der Waals surface area contributed by atoms with Gasteiger partial charge in [-0.15, -0.1) is 5.11 Å². The number of sulfonamides is 1. The highest BCUT2D eigenvalue weighted by molar-refractivity contribution is 7.90. The van der Waals surface area contributed by atoms with E-state index in [2.05, 4.69) is 19.8 Å². The van der Waals surface area contributed by atoms with Crippen molar-refractivity contribution in [2.24, 2.45) is 9.63 Å². The molecule has 0 radical (unpaired) electrons. The molecule has 1 aliphatic heterocycles. The summed E-state index contributed by atoms with van der Waals surface area (Å²) >= 11 is 0. The zero-order valence-electron chi connectivity index (χ0n) is 6.43. The van der Waals surface area contributed by atoms with Crippen LogP contribution in [0.3, 0.4) is 0 Å². The van der Waals surface area contributed by atoms with E-state index >= 15 is 0 Å². The smallest absolute Gasteiger partial charge is 0.303 e. The predicted molar refractivity (Wildman–Crippen MR) is 44.5 cm³/mol. The van der Waals surface area contributed by atoms with Crippen LogP contribution < -0.4 is 0 Å². The molecule has 0 saturated carbocycles. The van der Waals surface area contributed by atoms with Gasteiger partial charge in [-0.1, -0.05) is 10.6 Å². The summed E-state index contributed by atoms with van der Waals surface area (Å²) in [5, 5.41) is 8.70. The fourth-order valence-corrected chi connectivity index (χ4v) is 1.78. The van der Waals surface area contributed by atoms with Gasteiger partial charge in [0.05, 0.1) is 0 Å². The van der Waals surface area contributed by atoms with Crippen molar-refractivity contribution in [3.63, 3.8) is 0 Å². The van der Waals surface area contributed by atoms with E-state index in [1.807, 2.05) is 0 Å². The average Bonchev–Trinajstić information content (AvgIpc) is 2.25. The molecule has 6 nitrogen and oxygen atoms in total. The first kappa shape index (κ1) is 7.99. The quantitative estimate of drug-likeness (QED) is 0.656. The van der Waals surface area contributed by atoms with Crippen LogP contribution >= 0.6 is 0 Å². The van der Waals surface area contributed by atoms with E-state index in [9.17, 15) is 8.42 Å². The number of aromatic nitrogens is 2. The van der Waals surface area contributed by atoms with Gasteiger partial charge in [0.2, 0.25) is 0 Å². The molecule has 1 aromatic heterocycles. The minimum absolute atomic E-state index is 0.0735. The van der Waals surface area contributed by atoms with Gasteiger partial charge in [0.25, 0.3) is 0 Å². The lowest BCUT2D eigenvalue weighted by Crippen LogP contribution is -1.90. The van der Waals surface area contributed by atoms with Crippen LogP contribution in [0.1, 0.15) is 0 Å². The van der Waals surface area contributed by atoms with Crippen LogP contribution in [0.15, 0.2) is 38.9 Å². The minimum atomic E-state index is -3.57. The Kier molecular flexibility index (Phi) is 1.66. The minimum Gasteiger partial charge on any atom is -0.307 e. The molecule has 1 aliphatic rings. The van der Waals surface area contributed by atoms with Gasteiger partial charge in [-0.05, 0) is 12.1 Å². The summed E-state index contributed by atoms with van der Waals surface area (Å²) in [6.45, 7) is 0. The van der Waals surface area contributed by atoms with Crippen molar-refractivity contribution in [2.45, 2.75) is 4.90 Å². The second kappa shape index (κ2) is 2.70. The number of H-pyrrole nitrogens is 2. The van der Waals surface area contributed by atoms with Gasteiger partial charge in [0, 0.05) is 6.20 Å². The largest absolute Gasteiger partial charge is 0.307 e. The summed E-state index contributed by atoms with van der Waals surface area (Å²) < 4.78 is 25.5. The van der Waals surface area contributed by atoms with Crippen molar-refractivity contribution in [1.29, 1.82) is 0 Å². The maximum absolute atomic E-state index is 11.2. The molecule has 1 aromatic rings. The lowest BCUT2D eigenvalue weighted by Gasteiger charge is -1.89. The Morgan fingerprint density at radius 1 is 1.31 bits per heavy atom. The van der Waals surface area contributed by atoms with Gasteiger partial charge < -0.3 is 5.10 Å². The van der Waals surface area contributed by atoms with E-state index in [0.29, 0.717) is 0 Å². The summed E-state index contributed by atoms with van der Waals surface area (Å²) in [4.78, 5) is 0.0735. The molecule has 0 aromatic carbocycles. The van der Waals surface area contributed by atoms with Crippen LogP contribution in [0.2, 0.25) is 0 Å². The second-order valence-corrected chi connectivity index (χ2v) is 3.91. The Labute approximate surface area is 74.1 Å². The molecule has 0 aliphatic carbocycles. The Hall–Kier alpha value is -1.63. The molecule has 0 amide bonds. The van der Waals surface area contributed by atoms with E-state index in [-0.39, 0.29) is 10.7 Å². The molecule has 68 valence electrons. The first-order valence-electron chi connectivity index (χ1n) is 3.47. The molecular weight excluding hydrogens is 192 g/mol. The molecule has 2 heterocycles. The van der Waals surface area contributed by atoms with Gasteiger partial charge in [-0.3, -0.25) is 5.10 Å². The number of rotatable bonds is 0. The highest BCUT2D eigenvalue weighted by Crippen LogP contribution is 2.28. The lowest BCUT2D eigenvalue weighted by molar-refractivity contribution is 0.599. The van der Waals surface area contributed by atoms with Gasteiger partial charge in [-0.2, -0.15) is 8.42 Å². The fraction of sp³-hybridized carbons (Fsp3) is 0. The van der Waals surface area contributed by atoms with Crippen molar-refractivity contribution in [3.8, 4) is 0 Å². The number of aromatic amines is 2. The van der Waals surface area contributed by atoms with E-state index in [0.717, 1.165) is 0 Å². The van der Waals surface area contributed by atoms with Crippen LogP contribution in [0.25, 0.3) is 0 Å². The molecule has 0 spiro atoms.